The number of ether oxygens (including phenoxy) is 1. The SMILES string of the molecule is CCCOc1ccc(CCC(Br)CCC)cc1. The van der Waals surface area contributed by atoms with Crippen LogP contribution in [0.2, 0.25) is 0 Å². The van der Waals surface area contributed by atoms with Crippen molar-refractivity contribution < 1.29 is 4.74 Å². The molecule has 1 aromatic carbocycles. The van der Waals surface area contributed by atoms with E-state index in [-0.39, 0.29) is 0 Å². The zero-order chi connectivity index (χ0) is 12.5. The maximum absolute atomic E-state index is 5.57. The second kappa shape index (κ2) is 8.57. The van der Waals surface area contributed by atoms with Crippen LogP contribution in [-0.2, 0) is 6.42 Å². The van der Waals surface area contributed by atoms with Crippen molar-refractivity contribution in [3.8, 4) is 5.75 Å². The van der Waals surface area contributed by atoms with E-state index >= 15 is 0 Å². The van der Waals surface area contributed by atoms with Crippen LogP contribution in [0.25, 0.3) is 0 Å². The quantitative estimate of drug-likeness (QED) is 0.616. The first-order chi connectivity index (χ1) is 8.26. The Morgan fingerprint density at radius 3 is 2.35 bits per heavy atom. The molecule has 1 nitrogen and oxygen atoms in total. The lowest BCUT2D eigenvalue weighted by atomic mass is 10.1. The Morgan fingerprint density at radius 1 is 1.06 bits per heavy atom. The lowest BCUT2D eigenvalue weighted by Gasteiger charge is -2.09. The van der Waals surface area contributed by atoms with E-state index < -0.39 is 0 Å². The van der Waals surface area contributed by atoms with Gasteiger partial charge in [0.1, 0.15) is 5.75 Å². The van der Waals surface area contributed by atoms with Crippen LogP contribution < -0.4 is 4.74 Å². The maximum atomic E-state index is 5.57. The van der Waals surface area contributed by atoms with E-state index in [9.17, 15) is 0 Å². The molecule has 0 aliphatic heterocycles. The van der Waals surface area contributed by atoms with Crippen molar-refractivity contribution in [3.05, 3.63) is 29.8 Å². The Bertz CT molecular complexity index is 294. The van der Waals surface area contributed by atoms with Crippen LogP contribution in [0.5, 0.6) is 5.75 Å². The number of halogens is 1. The van der Waals surface area contributed by atoms with E-state index in [4.69, 9.17) is 4.74 Å². The van der Waals surface area contributed by atoms with E-state index in [1.54, 1.807) is 0 Å². The number of rotatable bonds is 8. The maximum Gasteiger partial charge on any atom is 0.119 e. The summed E-state index contributed by atoms with van der Waals surface area (Å²) in [5.74, 6) is 0.986. The molecule has 0 amide bonds. The van der Waals surface area contributed by atoms with Gasteiger partial charge in [0.15, 0.2) is 0 Å². The highest BCUT2D eigenvalue weighted by Gasteiger charge is 2.03. The first kappa shape index (κ1) is 14.6. The van der Waals surface area contributed by atoms with Crippen molar-refractivity contribution in [2.24, 2.45) is 0 Å². The van der Waals surface area contributed by atoms with Crippen LogP contribution >= 0.6 is 15.9 Å². The summed E-state index contributed by atoms with van der Waals surface area (Å²) in [6.07, 6.45) is 5.93. The minimum Gasteiger partial charge on any atom is -0.494 e. The molecule has 0 N–H and O–H groups in total. The number of hydrogen-bond donors (Lipinski definition) is 0. The molecule has 1 rings (SSSR count). The predicted molar refractivity (Wildman–Crippen MR) is 78.2 cm³/mol. The Balaban J connectivity index is 2.34. The zero-order valence-electron chi connectivity index (χ0n) is 10.9. The lowest BCUT2D eigenvalue weighted by molar-refractivity contribution is 0.317. The fraction of sp³-hybridized carbons (Fsp3) is 0.600. The Morgan fingerprint density at radius 2 is 1.76 bits per heavy atom. The molecule has 1 atom stereocenters. The van der Waals surface area contributed by atoms with Crippen molar-refractivity contribution in [2.45, 2.75) is 50.8 Å². The van der Waals surface area contributed by atoms with E-state index in [0.717, 1.165) is 25.2 Å². The highest BCUT2D eigenvalue weighted by Crippen LogP contribution is 2.18. The molecule has 0 saturated carbocycles. The molecular formula is C15H23BrO. The molecule has 96 valence electrons. The van der Waals surface area contributed by atoms with Crippen LogP contribution in [0.4, 0.5) is 0 Å². The third kappa shape index (κ3) is 6.11. The molecule has 0 saturated heterocycles. The van der Waals surface area contributed by atoms with Crippen LogP contribution in [0, 0.1) is 0 Å². The van der Waals surface area contributed by atoms with Gasteiger partial charge in [0, 0.05) is 4.83 Å². The molecule has 0 aromatic heterocycles. The Hall–Kier alpha value is -0.500. The summed E-state index contributed by atoms with van der Waals surface area (Å²) < 4.78 is 5.57. The fourth-order valence-electron chi connectivity index (χ4n) is 1.75. The first-order valence-corrected chi connectivity index (χ1v) is 7.53. The molecular weight excluding hydrogens is 276 g/mol. The van der Waals surface area contributed by atoms with Crippen LogP contribution in [0.1, 0.15) is 45.1 Å². The molecule has 0 aliphatic rings. The summed E-state index contributed by atoms with van der Waals surface area (Å²) in [5.41, 5.74) is 1.40. The first-order valence-electron chi connectivity index (χ1n) is 6.62. The minimum atomic E-state index is 0.656. The molecule has 1 unspecified atom stereocenters. The predicted octanol–water partition coefficient (Wildman–Crippen LogP) is 4.97. The van der Waals surface area contributed by atoms with Gasteiger partial charge < -0.3 is 4.74 Å². The second-order valence-electron chi connectivity index (χ2n) is 4.42. The van der Waals surface area contributed by atoms with Gasteiger partial charge in [-0.25, -0.2) is 0 Å². The number of alkyl halides is 1. The standard InChI is InChI=1S/C15H23BrO/c1-3-5-14(16)9-6-13-7-10-15(11-8-13)17-12-4-2/h7-8,10-11,14H,3-6,9,12H2,1-2H3. The number of benzene rings is 1. The molecule has 0 bridgehead atoms. The van der Waals surface area contributed by atoms with Crippen molar-refractivity contribution in [1.82, 2.24) is 0 Å². The van der Waals surface area contributed by atoms with Gasteiger partial charge in [0.05, 0.1) is 6.61 Å². The minimum absolute atomic E-state index is 0.656. The van der Waals surface area contributed by atoms with Crippen LogP contribution in [-0.4, -0.2) is 11.4 Å². The summed E-state index contributed by atoms with van der Waals surface area (Å²) in [4.78, 5) is 0.656. The summed E-state index contributed by atoms with van der Waals surface area (Å²) in [6.45, 7) is 5.16. The van der Waals surface area contributed by atoms with Gasteiger partial charge in [-0.2, -0.15) is 0 Å². The van der Waals surface area contributed by atoms with Gasteiger partial charge in [-0.05, 0) is 43.4 Å². The molecule has 0 aliphatic carbocycles. The van der Waals surface area contributed by atoms with Crippen LogP contribution in [0.3, 0.4) is 0 Å². The van der Waals surface area contributed by atoms with Gasteiger partial charge in [-0.15, -0.1) is 0 Å². The van der Waals surface area contributed by atoms with Crippen molar-refractivity contribution in [2.75, 3.05) is 6.61 Å². The third-order valence-electron chi connectivity index (χ3n) is 2.74. The van der Waals surface area contributed by atoms with Crippen LogP contribution in [0.15, 0.2) is 24.3 Å². The van der Waals surface area contributed by atoms with Gasteiger partial charge >= 0.3 is 0 Å². The van der Waals surface area contributed by atoms with Gasteiger partial charge in [-0.3, -0.25) is 0 Å². The van der Waals surface area contributed by atoms with E-state index in [0.29, 0.717) is 4.83 Å². The largest absolute Gasteiger partial charge is 0.494 e. The van der Waals surface area contributed by atoms with Crippen molar-refractivity contribution >= 4 is 15.9 Å². The monoisotopic (exact) mass is 298 g/mol. The summed E-state index contributed by atoms with van der Waals surface area (Å²) in [5, 5.41) is 0. The number of aryl methyl sites for hydroxylation is 1. The average molecular weight is 299 g/mol. The Labute approximate surface area is 114 Å². The van der Waals surface area contributed by atoms with E-state index in [1.165, 1.54) is 24.8 Å². The van der Waals surface area contributed by atoms with Crippen molar-refractivity contribution in [1.29, 1.82) is 0 Å². The van der Waals surface area contributed by atoms with E-state index in [2.05, 4.69) is 54.0 Å². The highest BCUT2D eigenvalue weighted by molar-refractivity contribution is 9.09. The molecule has 0 radical (unpaired) electrons. The average Bonchev–Trinajstić information content (AvgIpc) is 2.35. The summed E-state index contributed by atoms with van der Waals surface area (Å²) in [6, 6.07) is 8.51. The smallest absolute Gasteiger partial charge is 0.119 e. The molecule has 0 fully saturated rings. The molecule has 0 spiro atoms. The normalized spacial score (nSPS) is 12.4. The summed E-state index contributed by atoms with van der Waals surface area (Å²) >= 11 is 3.72. The second-order valence-corrected chi connectivity index (χ2v) is 5.71. The topological polar surface area (TPSA) is 9.23 Å². The Kier molecular flexibility index (Phi) is 7.34. The van der Waals surface area contributed by atoms with Gasteiger partial charge in [0.2, 0.25) is 0 Å². The fourth-order valence-corrected chi connectivity index (χ4v) is 2.44. The highest BCUT2D eigenvalue weighted by atomic mass is 79.9. The molecule has 0 heterocycles. The van der Waals surface area contributed by atoms with E-state index in [1.807, 2.05) is 0 Å². The molecule has 1 aromatic rings. The lowest BCUT2D eigenvalue weighted by Crippen LogP contribution is -1.99. The molecule has 2 heteroatoms. The summed E-state index contributed by atoms with van der Waals surface area (Å²) in [7, 11) is 0. The third-order valence-corrected chi connectivity index (χ3v) is 3.66. The van der Waals surface area contributed by atoms with Crippen molar-refractivity contribution in [3.63, 3.8) is 0 Å². The molecule has 17 heavy (non-hydrogen) atoms. The van der Waals surface area contributed by atoms with Gasteiger partial charge in [0.25, 0.3) is 0 Å². The van der Waals surface area contributed by atoms with Gasteiger partial charge in [-0.1, -0.05) is 48.3 Å². The zero-order valence-corrected chi connectivity index (χ0v) is 12.5. The number of hydrogen-bond acceptors (Lipinski definition) is 1.